The average molecular weight is 435 g/mol. The van der Waals surface area contributed by atoms with Crippen molar-refractivity contribution in [1.29, 1.82) is 0 Å². The minimum absolute atomic E-state index is 0.389. The second-order valence-electron chi connectivity index (χ2n) is 8.26. The van der Waals surface area contributed by atoms with Crippen molar-refractivity contribution < 1.29 is 14.3 Å². The lowest BCUT2D eigenvalue weighted by Crippen LogP contribution is -2.49. The SMILES string of the molecule is CCc1nc(N2CCN(CCNC(=O)OC(C)(C)C)CC2)c2sc(C(N)=O)cc2n1. The van der Waals surface area contributed by atoms with Crippen molar-refractivity contribution in [2.24, 2.45) is 5.73 Å². The van der Waals surface area contributed by atoms with E-state index in [0.29, 0.717) is 11.4 Å². The van der Waals surface area contributed by atoms with Crippen LogP contribution in [0.5, 0.6) is 0 Å². The van der Waals surface area contributed by atoms with Gasteiger partial charge in [0.1, 0.15) is 17.2 Å². The molecule has 0 aliphatic carbocycles. The molecule has 30 heavy (non-hydrogen) atoms. The summed E-state index contributed by atoms with van der Waals surface area (Å²) in [6.07, 6.45) is 0.334. The van der Waals surface area contributed by atoms with Crippen LogP contribution in [0.4, 0.5) is 10.6 Å². The number of primary amides is 1. The summed E-state index contributed by atoms with van der Waals surface area (Å²) < 4.78 is 6.16. The molecule has 0 bridgehead atoms. The maximum Gasteiger partial charge on any atom is 0.407 e. The molecule has 1 fully saturated rings. The molecule has 9 nitrogen and oxygen atoms in total. The summed E-state index contributed by atoms with van der Waals surface area (Å²) in [5.41, 5.74) is 5.74. The predicted octanol–water partition coefficient (Wildman–Crippen LogP) is 2.00. The molecule has 1 saturated heterocycles. The molecule has 10 heteroatoms. The summed E-state index contributed by atoms with van der Waals surface area (Å²) >= 11 is 1.35. The van der Waals surface area contributed by atoms with Crippen LogP contribution in [0, 0.1) is 0 Å². The largest absolute Gasteiger partial charge is 0.444 e. The molecule has 0 aromatic carbocycles. The number of carbonyl (C=O) groups is 2. The number of thiophene rings is 1. The Balaban J connectivity index is 1.60. The van der Waals surface area contributed by atoms with Crippen molar-refractivity contribution in [3.63, 3.8) is 0 Å². The fourth-order valence-corrected chi connectivity index (χ4v) is 4.24. The van der Waals surface area contributed by atoms with Gasteiger partial charge in [0.15, 0.2) is 0 Å². The van der Waals surface area contributed by atoms with Crippen LogP contribution in [-0.2, 0) is 11.2 Å². The minimum atomic E-state index is -0.494. The van der Waals surface area contributed by atoms with Gasteiger partial charge in [0.25, 0.3) is 5.91 Å². The molecule has 3 heterocycles. The first-order valence-electron chi connectivity index (χ1n) is 10.2. The highest BCUT2D eigenvalue weighted by atomic mass is 32.1. The van der Waals surface area contributed by atoms with Gasteiger partial charge < -0.3 is 20.7 Å². The number of aryl methyl sites for hydroxylation is 1. The molecule has 0 atom stereocenters. The van der Waals surface area contributed by atoms with E-state index in [1.807, 2.05) is 27.7 Å². The number of carbonyl (C=O) groups excluding carboxylic acids is 2. The van der Waals surface area contributed by atoms with E-state index < -0.39 is 11.5 Å². The van der Waals surface area contributed by atoms with Crippen LogP contribution in [0.3, 0.4) is 0 Å². The normalized spacial score (nSPS) is 15.4. The molecule has 3 N–H and O–H groups in total. The van der Waals surface area contributed by atoms with Crippen molar-refractivity contribution in [2.75, 3.05) is 44.2 Å². The zero-order valence-electron chi connectivity index (χ0n) is 18.0. The van der Waals surface area contributed by atoms with Gasteiger partial charge in [-0.05, 0) is 26.8 Å². The first kappa shape index (κ1) is 22.2. The predicted molar refractivity (Wildman–Crippen MR) is 118 cm³/mol. The Hall–Kier alpha value is -2.46. The number of hydrogen-bond acceptors (Lipinski definition) is 8. The molecule has 0 radical (unpaired) electrons. The molecule has 1 aliphatic heterocycles. The van der Waals surface area contributed by atoms with Gasteiger partial charge in [0.2, 0.25) is 0 Å². The maximum atomic E-state index is 11.8. The van der Waals surface area contributed by atoms with Crippen LogP contribution in [0.15, 0.2) is 6.07 Å². The van der Waals surface area contributed by atoms with E-state index in [4.69, 9.17) is 15.5 Å². The van der Waals surface area contributed by atoms with Gasteiger partial charge in [-0.15, -0.1) is 11.3 Å². The molecule has 164 valence electrons. The number of nitrogens with one attached hydrogen (secondary N) is 1. The minimum Gasteiger partial charge on any atom is -0.444 e. The van der Waals surface area contributed by atoms with Gasteiger partial charge in [-0.2, -0.15) is 0 Å². The van der Waals surface area contributed by atoms with Crippen LogP contribution in [0.25, 0.3) is 10.2 Å². The van der Waals surface area contributed by atoms with E-state index >= 15 is 0 Å². The zero-order valence-corrected chi connectivity index (χ0v) is 18.8. The number of amides is 2. The molecular formula is C20H30N6O3S. The van der Waals surface area contributed by atoms with Gasteiger partial charge in [-0.25, -0.2) is 14.8 Å². The van der Waals surface area contributed by atoms with Crippen LogP contribution in [-0.4, -0.2) is 71.7 Å². The van der Waals surface area contributed by atoms with E-state index in [1.54, 1.807) is 6.07 Å². The number of ether oxygens (including phenoxy) is 1. The standard InChI is InChI=1S/C20H30N6O3S/c1-5-15-23-13-12-14(17(21)27)30-16(13)18(24-15)26-10-8-25(9-11-26)7-6-22-19(28)29-20(2,3)4/h12H,5-11H2,1-4H3,(H2,21,27)(H,22,28). The number of rotatable bonds is 6. The Morgan fingerprint density at radius 1 is 1.23 bits per heavy atom. The highest BCUT2D eigenvalue weighted by Gasteiger charge is 2.23. The van der Waals surface area contributed by atoms with E-state index in [2.05, 4.69) is 20.1 Å². The first-order valence-corrected chi connectivity index (χ1v) is 11.0. The van der Waals surface area contributed by atoms with E-state index in [9.17, 15) is 9.59 Å². The van der Waals surface area contributed by atoms with Crippen molar-refractivity contribution in [3.05, 3.63) is 16.8 Å². The number of fused-ring (bicyclic) bond motifs is 1. The molecule has 3 rings (SSSR count). The fraction of sp³-hybridized carbons (Fsp3) is 0.600. The van der Waals surface area contributed by atoms with Crippen molar-refractivity contribution in [3.8, 4) is 0 Å². The molecule has 1 aliphatic rings. The van der Waals surface area contributed by atoms with Crippen molar-refractivity contribution >= 4 is 39.4 Å². The molecule has 2 amide bonds. The summed E-state index contributed by atoms with van der Waals surface area (Å²) in [5.74, 6) is 1.19. The molecule has 2 aromatic heterocycles. The van der Waals surface area contributed by atoms with E-state index in [1.165, 1.54) is 11.3 Å². The second-order valence-corrected chi connectivity index (χ2v) is 9.32. The number of anilines is 1. The summed E-state index contributed by atoms with van der Waals surface area (Å²) in [6, 6.07) is 1.76. The molecular weight excluding hydrogens is 404 g/mol. The molecule has 0 unspecified atom stereocenters. The van der Waals surface area contributed by atoms with E-state index in [-0.39, 0.29) is 6.09 Å². The molecule has 0 spiro atoms. The highest BCUT2D eigenvalue weighted by Crippen LogP contribution is 2.32. The smallest absolute Gasteiger partial charge is 0.407 e. The third-order valence-electron chi connectivity index (χ3n) is 4.73. The Morgan fingerprint density at radius 2 is 1.93 bits per heavy atom. The Labute approximate surface area is 180 Å². The number of hydrogen-bond donors (Lipinski definition) is 2. The van der Waals surface area contributed by atoms with Crippen LogP contribution in [0.1, 0.15) is 43.2 Å². The third-order valence-corrected chi connectivity index (χ3v) is 5.86. The number of aromatic nitrogens is 2. The van der Waals surface area contributed by atoms with Gasteiger partial charge in [-0.1, -0.05) is 6.92 Å². The number of piperazine rings is 1. The van der Waals surface area contributed by atoms with E-state index in [0.717, 1.165) is 61.0 Å². The van der Waals surface area contributed by atoms with Crippen LogP contribution >= 0.6 is 11.3 Å². The Morgan fingerprint density at radius 3 is 2.53 bits per heavy atom. The summed E-state index contributed by atoms with van der Waals surface area (Å²) in [7, 11) is 0. The Bertz CT molecular complexity index is 915. The Kier molecular flexibility index (Phi) is 6.77. The lowest BCUT2D eigenvalue weighted by molar-refractivity contribution is 0.0521. The summed E-state index contributed by atoms with van der Waals surface area (Å²) in [6.45, 7) is 12.2. The zero-order chi connectivity index (χ0) is 21.9. The number of nitrogens with two attached hydrogens (primary N) is 1. The maximum absolute atomic E-state index is 11.8. The van der Waals surface area contributed by atoms with Crippen molar-refractivity contribution in [2.45, 2.75) is 39.7 Å². The molecule has 2 aromatic rings. The van der Waals surface area contributed by atoms with Gasteiger partial charge >= 0.3 is 6.09 Å². The number of nitrogens with zero attached hydrogens (tertiary/aromatic N) is 4. The van der Waals surface area contributed by atoms with Gasteiger partial charge in [0.05, 0.1) is 15.1 Å². The lowest BCUT2D eigenvalue weighted by Gasteiger charge is -2.35. The fourth-order valence-electron chi connectivity index (χ4n) is 3.27. The monoisotopic (exact) mass is 434 g/mol. The van der Waals surface area contributed by atoms with Crippen LogP contribution < -0.4 is 16.0 Å². The first-order chi connectivity index (χ1) is 14.2. The highest BCUT2D eigenvalue weighted by molar-refractivity contribution is 7.21. The topological polar surface area (TPSA) is 114 Å². The third kappa shape index (κ3) is 5.57. The summed E-state index contributed by atoms with van der Waals surface area (Å²) in [4.78, 5) is 37.7. The van der Waals surface area contributed by atoms with Crippen molar-refractivity contribution in [1.82, 2.24) is 20.2 Å². The molecule has 0 saturated carbocycles. The van der Waals surface area contributed by atoms with Crippen LogP contribution in [0.2, 0.25) is 0 Å². The summed E-state index contributed by atoms with van der Waals surface area (Å²) in [5, 5.41) is 2.80. The average Bonchev–Trinajstić information content (AvgIpc) is 3.11. The van der Waals surface area contributed by atoms with Gasteiger partial charge in [-0.3, -0.25) is 9.69 Å². The quantitative estimate of drug-likeness (QED) is 0.715. The number of alkyl carbamates (subject to hydrolysis) is 1. The van der Waals surface area contributed by atoms with Gasteiger partial charge in [0, 0.05) is 45.7 Å². The second kappa shape index (κ2) is 9.13. The lowest BCUT2D eigenvalue weighted by atomic mass is 10.2.